The molecule has 3 heteroatoms. The Kier molecular flexibility index (Phi) is 4.86. The Morgan fingerprint density at radius 3 is 2.81 bits per heavy atom. The summed E-state index contributed by atoms with van der Waals surface area (Å²) in [5.41, 5.74) is 1.29. The van der Waals surface area contributed by atoms with Gasteiger partial charge in [-0.1, -0.05) is 47.3 Å². The molecule has 1 aromatic heterocycles. The van der Waals surface area contributed by atoms with Crippen molar-refractivity contribution in [2.75, 3.05) is 0 Å². The fraction of sp³-hybridized carbons (Fsp3) is 0.0769. The van der Waals surface area contributed by atoms with Crippen LogP contribution in [0.4, 0.5) is 0 Å². The molecule has 0 aromatic carbocycles. The standard InChI is InChI=1S/C13H12BrNO/c1-3-5-10(4-2)13(16)9-12-8-11(14)6-7-15-12/h3-8H,1-2,9H2/b10-5+. The maximum atomic E-state index is 11.8. The van der Waals surface area contributed by atoms with Crippen LogP contribution in [0.1, 0.15) is 5.69 Å². The molecule has 0 amide bonds. The number of allylic oxidation sites excluding steroid dienone is 4. The molecular formula is C13H12BrNO. The largest absolute Gasteiger partial charge is 0.294 e. The highest BCUT2D eigenvalue weighted by atomic mass is 79.9. The summed E-state index contributed by atoms with van der Waals surface area (Å²) in [5.74, 6) is -0.0134. The summed E-state index contributed by atoms with van der Waals surface area (Å²) >= 11 is 3.33. The van der Waals surface area contributed by atoms with Crippen LogP contribution in [0.15, 0.2) is 59.8 Å². The monoisotopic (exact) mass is 277 g/mol. The van der Waals surface area contributed by atoms with Crippen LogP contribution in [0.25, 0.3) is 0 Å². The van der Waals surface area contributed by atoms with Gasteiger partial charge in [0, 0.05) is 21.9 Å². The minimum atomic E-state index is -0.0134. The lowest BCUT2D eigenvalue weighted by Crippen LogP contribution is -2.06. The molecule has 0 spiro atoms. The second-order valence-corrected chi connectivity index (χ2v) is 4.04. The average Bonchev–Trinajstić information content (AvgIpc) is 2.25. The van der Waals surface area contributed by atoms with Crippen LogP contribution < -0.4 is 0 Å². The Labute approximate surface area is 104 Å². The molecule has 0 atom stereocenters. The lowest BCUT2D eigenvalue weighted by Gasteiger charge is -2.01. The summed E-state index contributed by atoms with van der Waals surface area (Å²) in [4.78, 5) is 15.9. The van der Waals surface area contributed by atoms with Crippen LogP contribution >= 0.6 is 15.9 Å². The van der Waals surface area contributed by atoms with E-state index in [4.69, 9.17) is 0 Å². The number of carbonyl (C=O) groups is 1. The van der Waals surface area contributed by atoms with Crippen molar-refractivity contribution in [1.29, 1.82) is 0 Å². The SMILES string of the molecule is C=C/C=C(\C=C)C(=O)Cc1cc(Br)ccn1. The first-order valence-electron chi connectivity index (χ1n) is 4.76. The van der Waals surface area contributed by atoms with E-state index in [2.05, 4.69) is 34.1 Å². The van der Waals surface area contributed by atoms with Crippen LogP contribution in [0.2, 0.25) is 0 Å². The molecule has 0 aliphatic heterocycles. The van der Waals surface area contributed by atoms with Crippen molar-refractivity contribution >= 4 is 21.7 Å². The van der Waals surface area contributed by atoms with Gasteiger partial charge in [0.05, 0.1) is 6.42 Å². The molecule has 0 N–H and O–H groups in total. The minimum Gasteiger partial charge on any atom is -0.294 e. The smallest absolute Gasteiger partial charge is 0.168 e. The van der Waals surface area contributed by atoms with Crippen molar-refractivity contribution in [3.8, 4) is 0 Å². The van der Waals surface area contributed by atoms with Crippen LogP contribution in [0, 0.1) is 0 Å². The number of hydrogen-bond donors (Lipinski definition) is 0. The first-order chi connectivity index (χ1) is 7.67. The van der Waals surface area contributed by atoms with Crippen molar-refractivity contribution in [3.63, 3.8) is 0 Å². The third kappa shape index (κ3) is 3.59. The highest BCUT2D eigenvalue weighted by Gasteiger charge is 2.07. The Balaban J connectivity index is 2.82. The number of aromatic nitrogens is 1. The number of carbonyl (C=O) groups excluding carboxylic acids is 1. The molecule has 0 radical (unpaired) electrons. The van der Waals surface area contributed by atoms with Gasteiger partial charge in [0.25, 0.3) is 0 Å². The third-order valence-corrected chi connectivity index (χ3v) is 2.45. The second-order valence-electron chi connectivity index (χ2n) is 3.13. The number of ketones is 1. The highest BCUT2D eigenvalue weighted by Crippen LogP contribution is 2.11. The molecule has 1 aromatic rings. The van der Waals surface area contributed by atoms with Crippen molar-refractivity contribution in [3.05, 3.63) is 65.5 Å². The van der Waals surface area contributed by atoms with Crippen molar-refractivity contribution in [2.24, 2.45) is 0 Å². The molecule has 16 heavy (non-hydrogen) atoms. The maximum Gasteiger partial charge on any atom is 0.168 e. The summed E-state index contributed by atoms with van der Waals surface area (Å²) in [7, 11) is 0. The molecule has 0 bridgehead atoms. The van der Waals surface area contributed by atoms with Crippen molar-refractivity contribution in [2.45, 2.75) is 6.42 Å². The summed E-state index contributed by atoms with van der Waals surface area (Å²) in [6, 6.07) is 3.65. The quantitative estimate of drug-likeness (QED) is 0.611. The van der Waals surface area contributed by atoms with E-state index < -0.39 is 0 Å². The van der Waals surface area contributed by atoms with E-state index in [1.54, 1.807) is 18.3 Å². The predicted molar refractivity (Wildman–Crippen MR) is 69.1 cm³/mol. The van der Waals surface area contributed by atoms with Gasteiger partial charge in [0.15, 0.2) is 5.78 Å². The molecule has 82 valence electrons. The fourth-order valence-corrected chi connectivity index (χ4v) is 1.60. The second kappa shape index (κ2) is 6.18. The van der Waals surface area contributed by atoms with Gasteiger partial charge in [-0.15, -0.1) is 0 Å². The van der Waals surface area contributed by atoms with E-state index in [0.29, 0.717) is 5.57 Å². The van der Waals surface area contributed by atoms with Crippen molar-refractivity contribution < 1.29 is 4.79 Å². The molecule has 0 fully saturated rings. The summed E-state index contributed by atoms with van der Waals surface area (Å²) in [6.45, 7) is 7.15. The molecule has 0 aliphatic rings. The zero-order chi connectivity index (χ0) is 12.0. The Bertz CT molecular complexity index is 449. The topological polar surface area (TPSA) is 30.0 Å². The van der Waals surface area contributed by atoms with Crippen LogP contribution in [-0.4, -0.2) is 10.8 Å². The van der Waals surface area contributed by atoms with Gasteiger partial charge >= 0.3 is 0 Å². The number of nitrogens with zero attached hydrogens (tertiary/aromatic N) is 1. The molecule has 1 heterocycles. The number of Topliss-reactive ketones (excluding diaryl/α,β-unsaturated/α-hetero) is 1. The van der Waals surface area contributed by atoms with E-state index in [1.807, 2.05) is 12.1 Å². The molecule has 1 rings (SSSR count). The van der Waals surface area contributed by atoms with E-state index in [0.717, 1.165) is 10.2 Å². The fourth-order valence-electron chi connectivity index (χ4n) is 1.21. The molecule has 0 aliphatic carbocycles. The van der Waals surface area contributed by atoms with Crippen molar-refractivity contribution in [1.82, 2.24) is 4.98 Å². The normalized spacial score (nSPS) is 10.9. The van der Waals surface area contributed by atoms with Gasteiger partial charge in [0.2, 0.25) is 0 Å². The number of pyridine rings is 1. The van der Waals surface area contributed by atoms with E-state index in [9.17, 15) is 4.79 Å². The van der Waals surface area contributed by atoms with Gasteiger partial charge in [-0.2, -0.15) is 0 Å². The van der Waals surface area contributed by atoms with Gasteiger partial charge in [0.1, 0.15) is 0 Å². The molecule has 0 saturated carbocycles. The number of halogens is 1. The molecule has 2 nitrogen and oxygen atoms in total. The average molecular weight is 278 g/mol. The van der Waals surface area contributed by atoms with Crippen LogP contribution in [0.3, 0.4) is 0 Å². The number of hydrogen-bond acceptors (Lipinski definition) is 2. The molecule has 0 saturated heterocycles. The first-order valence-corrected chi connectivity index (χ1v) is 5.55. The zero-order valence-electron chi connectivity index (χ0n) is 8.82. The third-order valence-electron chi connectivity index (χ3n) is 1.96. The maximum absolute atomic E-state index is 11.8. The number of rotatable bonds is 5. The lowest BCUT2D eigenvalue weighted by atomic mass is 10.1. The summed E-state index contributed by atoms with van der Waals surface area (Å²) in [6.07, 6.45) is 6.68. The minimum absolute atomic E-state index is 0.0134. The zero-order valence-corrected chi connectivity index (χ0v) is 10.4. The predicted octanol–water partition coefficient (Wildman–Crippen LogP) is 3.25. The Hall–Kier alpha value is -1.48. The van der Waals surface area contributed by atoms with Crippen LogP contribution in [-0.2, 0) is 11.2 Å². The van der Waals surface area contributed by atoms with Gasteiger partial charge in [-0.05, 0) is 12.1 Å². The Morgan fingerprint density at radius 1 is 1.50 bits per heavy atom. The summed E-state index contributed by atoms with van der Waals surface area (Å²) < 4.78 is 0.915. The van der Waals surface area contributed by atoms with Gasteiger partial charge in [-0.25, -0.2) is 0 Å². The van der Waals surface area contributed by atoms with E-state index in [1.165, 1.54) is 6.08 Å². The van der Waals surface area contributed by atoms with E-state index in [-0.39, 0.29) is 12.2 Å². The first kappa shape index (κ1) is 12.6. The van der Waals surface area contributed by atoms with Gasteiger partial charge < -0.3 is 0 Å². The van der Waals surface area contributed by atoms with Gasteiger partial charge in [-0.3, -0.25) is 9.78 Å². The lowest BCUT2D eigenvalue weighted by molar-refractivity contribution is -0.114. The highest BCUT2D eigenvalue weighted by molar-refractivity contribution is 9.10. The molecular weight excluding hydrogens is 266 g/mol. The van der Waals surface area contributed by atoms with Crippen LogP contribution in [0.5, 0.6) is 0 Å². The Morgan fingerprint density at radius 2 is 2.25 bits per heavy atom. The molecule has 0 unspecified atom stereocenters. The van der Waals surface area contributed by atoms with E-state index >= 15 is 0 Å². The summed E-state index contributed by atoms with van der Waals surface area (Å²) in [5, 5.41) is 0.